The van der Waals surface area contributed by atoms with E-state index in [4.69, 9.17) is 16.1 Å². The topological polar surface area (TPSA) is 59.2 Å². The zero-order valence-corrected chi connectivity index (χ0v) is 16.0. The summed E-state index contributed by atoms with van der Waals surface area (Å²) >= 11 is 6.15. The van der Waals surface area contributed by atoms with Gasteiger partial charge in [0.15, 0.2) is 0 Å². The van der Waals surface area contributed by atoms with E-state index in [1.165, 1.54) is 12.1 Å². The number of alkyl halides is 3. The van der Waals surface area contributed by atoms with Gasteiger partial charge in [-0.3, -0.25) is 4.79 Å². The van der Waals surface area contributed by atoms with Crippen molar-refractivity contribution in [2.24, 2.45) is 0 Å². The second-order valence-electron chi connectivity index (χ2n) is 6.87. The van der Waals surface area contributed by atoms with Gasteiger partial charge in [0.05, 0.1) is 11.5 Å². The van der Waals surface area contributed by atoms with Crippen LogP contribution < -0.4 is 4.90 Å². The third kappa shape index (κ3) is 3.85. The molecule has 5 nitrogen and oxygen atoms in total. The van der Waals surface area contributed by atoms with Crippen LogP contribution in [0.15, 0.2) is 47.0 Å². The molecule has 1 amide bonds. The number of rotatable bonds is 3. The number of amides is 1. The zero-order valence-electron chi connectivity index (χ0n) is 15.2. The van der Waals surface area contributed by atoms with Crippen molar-refractivity contribution in [2.45, 2.75) is 25.4 Å². The maximum absolute atomic E-state index is 12.9. The molecule has 9 heteroatoms. The van der Waals surface area contributed by atoms with Crippen LogP contribution in [0.3, 0.4) is 0 Å². The zero-order chi connectivity index (χ0) is 20.8. The highest BCUT2D eigenvalue weighted by molar-refractivity contribution is 6.31. The molecule has 1 aliphatic rings. The molecule has 29 heavy (non-hydrogen) atoms. The van der Waals surface area contributed by atoms with E-state index in [1.54, 1.807) is 11.0 Å². The molecule has 150 valence electrons. The lowest BCUT2D eigenvalue weighted by atomic mass is 10.1. The summed E-state index contributed by atoms with van der Waals surface area (Å²) in [6.45, 7) is 2.19. The molecule has 4 rings (SSSR count). The summed E-state index contributed by atoms with van der Waals surface area (Å²) < 4.78 is 44.0. The van der Waals surface area contributed by atoms with Crippen LogP contribution in [0.4, 0.5) is 18.9 Å². The van der Waals surface area contributed by atoms with Crippen molar-refractivity contribution in [3.63, 3.8) is 0 Å². The van der Waals surface area contributed by atoms with Gasteiger partial charge in [-0.15, -0.1) is 0 Å². The predicted molar refractivity (Wildman–Crippen MR) is 101 cm³/mol. The molecule has 0 bridgehead atoms. The van der Waals surface area contributed by atoms with E-state index in [-0.39, 0.29) is 35.5 Å². The normalized spacial score (nSPS) is 17.2. The van der Waals surface area contributed by atoms with Crippen LogP contribution in [-0.4, -0.2) is 22.6 Å². The second kappa shape index (κ2) is 7.18. The minimum absolute atomic E-state index is 0.0513. The van der Waals surface area contributed by atoms with E-state index in [2.05, 4.69) is 10.1 Å². The van der Waals surface area contributed by atoms with Gasteiger partial charge in [-0.25, -0.2) is 0 Å². The molecule has 2 aromatic carbocycles. The van der Waals surface area contributed by atoms with E-state index in [0.29, 0.717) is 17.3 Å². The molecule has 1 aliphatic heterocycles. The Labute approximate surface area is 169 Å². The third-order valence-electron chi connectivity index (χ3n) is 4.83. The van der Waals surface area contributed by atoms with E-state index in [0.717, 1.165) is 17.7 Å². The smallest absolute Gasteiger partial charge is 0.339 e. The molecular formula is C20H15ClF3N3O2. The van der Waals surface area contributed by atoms with Gasteiger partial charge in [-0.05, 0) is 36.8 Å². The van der Waals surface area contributed by atoms with Gasteiger partial charge in [0, 0.05) is 29.2 Å². The van der Waals surface area contributed by atoms with Crippen molar-refractivity contribution in [3.05, 3.63) is 64.5 Å². The molecular weight excluding hydrogens is 407 g/mol. The van der Waals surface area contributed by atoms with Gasteiger partial charge in [0.2, 0.25) is 17.6 Å². The highest BCUT2D eigenvalue weighted by Crippen LogP contribution is 2.35. The number of hydrogen-bond acceptors (Lipinski definition) is 4. The van der Waals surface area contributed by atoms with Crippen LogP contribution in [-0.2, 0) is 11.0 Å². The van der Waals surface area contributed by atoms with Crippen LogP contribution in [0, 0.1) is 6.92 Å². The molecule has 1 fully saturated rings. The largest absolute Gasteiger partial charge is 0.416 e. The number of aromatic nitrogens is 2. The molecule has 1 saturated heterocycles. The monoisotopic (exact) mass is 421 g/mol. The number of hydrogen-bond donors (Lipinski definition) is 0. The molecule has 2 heterocycles. The van der Waals surface area contributed by atoms with E-state index in [9.17, 15) is 18.0 Å². The molecule has 0 aliphatic carbocycles. The van der Waals surface area contributed by atoms with Crippen LogP contribution in [0.5, 0.6) is 0 Å². The number of nitrogens with zero attached hydrogens (tertiary/aromatic N) is 3. The fourth-order valence-electron chi connectivity index (χ4n) is 3.23. The van der Waals surface area contributed by atoms with Crippen molar-refractivity contribution in [1.29, 1.82) is 0 Å². The van der Waals surface area contributed by atoms with Crippen molar-refractivity contribution in [1.82, 2.24) is 10.1 Å². The van der Waals surface area contributed by atoms with Crippen molar-refractivity contribution < 1.29 is 22.5 Å². The van der Waals surface area contributed by atoms with E-state index in [1.807, 2.05) is 19.1 Å². The number of carbonyl (C=O) groups excluding carboxylic acids is 1. The Bertz CT molecular complexity index is 1080. The Morgan fingerprint density at radius 2 is 2.00 bits per heavy atom. The first-order valence-electron chi connectivity index (χ1n) is 8.80. The first-order chi connectivity index (χ1) is 13.7. The minimum atomic E-state index is -4.46. The van der Waals surface area contributed by atoms with Gasteiger partial charge in [-0.1, -0.05) is 35.0 Å². The van der Waals surface area contributed by atoms with Crippen LogP contribution in [0.2, 0.25) is 5.02 Å². The molecule has 1 aromatic heterocycles. The van der Waals surface area contributed by atoms with Crippen LogP contribution >= 0.6 is 11.6 Å². The Morgan fingerprint density at radius 3 is 2.72 bits per heavy atom. The second-order valence-corrected chi connectivity index (χ2v) is 7.28. The Morgan fingerprint density at radius 1 is 1.21 bits per heavy atom. The van der Waals surface area contributed by atoms with Crippen molar-refractivity contribution >= 4 is 23.2 Å². The van der Waals surface area contributed by atoms with E-state index >= 15 is 0 Å². The van der Waals surface area contributed by atoms with E-state index < -0.39 is 11.7 Å². The fourth-order valence-corrected chi connectivity index (χ4v) is 3.40. The maximum atomic E-state index is 12.9. The SMILES string of the molecule is Cc1ccc(N2C[C@H](c3nc(-c4cccc(C(F)(F)F)c4)no3)CC2=O)cc1Cl. The summed E-state index contributed by atoms with van der Waals surface area (Å²) in [5.41, 5.74) is 0.980. The third-order valence-corrected chi connectivity index (χ3v) is 5.24. The number of carbonyl (C=O) groups is 1. The lowest BCUT2D eigenvalue weighted by Gasteiger charge is -2.17. The first kappa shape index (κ1) is 19.4. The molecule has 0 radical (unpaired) electrons. The highest BCUT2D eigenvalue weighted by atomic mass is 35.5. The Kier molecular flexibility index (Phi) is 4.82. The van der Waals surface area contributed by atoms with Gasteiger partial charge >= 0.3 is 6.18 Å². The Hall–Kier alpha value is -2.87. The average molecular weight is 422 g/mol. The molecule has 0 spiro atoms. The Balaban J connectivity index is 1.56. The summed E-state index contributed by atoms with van der Waals surface area (Å²) in [6, 6.07) is 10.1. The van der Waals surface area contributed by atoms with Gasteiger partial charge in [0.1, 0.15) is 0 Å². The fraction of sp³-hybridized carbons (Fsp3) is 0.250. The van der Waals surface area contributed by atoms with Crippen LogP contribution in [0.25, 0.3) is 11.4 Å². The summed E-state index contributed by atoms with van der Waals surface area (Å²) in [5.74, 6) is -0.204. The van der Waals surface area contributed by atoms with Gasteiger partial charge in [0.25, 0.3) is 0 Å². The highest BCUT2D eigenvalue weighted by Gasteiger charge is 2.36. The van der Waals surface area contributed by atoms with Crippen molar-refractivity contribution in [3.8, 4) is 11.4 Å². The number of anilines is 1. The quantitative estimate of drug-likeness (QED) is 0.580. The average Bonchev–Trinajstić information content (AvgIpc) is 3.30. The molecule has 0 unspecified atom stereocenters. The van der Waals surface area contributed by atoms with Crippen LogP contribution in [0.1, 0.15) is 29.4 Å². The van der Waals surface area contributed by atoms with Crippen molar-refractivity contribution in [2.75, 3.05) is 11.4 Å². The lowest BCUT2D eigenvalue weighted by molar-refractivity contribution is -0.137. The lowest BCUT2D eigenvalue weighted by Crippen LogP contribution is -2.24. The maximum Gasteiger partial charge on any atom is 0.416 e. The summed E-state index contributed by atoms with van der Waals surface area (Å²) in [4.78, 5) is 18.3. The summed E-state index contributed by atoms with van der Waals surface area (Å²) in [6.07, 6.45) is -4.30. The molecule has 0 saturated carbocycles. The van der Waals surface area contributed by atoms with Gasteiger partial charge < -0.3 is 9.42 Å². The number of halogens is 4. The predicted octanol–water partition coefficient (Wildman–Crippen LogP) is 5.24. The molecule has 0 N–H and O–H groups in total. The van der Waals surface area contributed by atoms with Gasteiger partial charge in [-0.2, -0.15) is 18.2 Å². The number of aryl methyl sites for hydroxylation is 1. The minimum Gasteiger partial charge on any atom is -0.339 e. The summed E-state index contributed by atoms with van der Waals surface area (Å²) in [7, 11) is 0. The summed E-state index contributed by atoms with van der Waals surface area (Å²) in [5, 5.41) is 4.36. The number of benzene rings is 2. The first-order valence-corrected chi connectivity index (χ1v) is 9.18. The standard InChI is InChI=1S/C20H15ClF3N3O2/c1-11-5-6-15(9-16(11)21)27-10-13(8-17(27)28)19-25-18(26-29-19)12-3-2-4-14(7-12)20(22,23)24/h2-7,9,13H,8,10H2,1H3/t13-/m1/s1. The molecule has 1 atom stereocenters. The molecule has 3 aromatic rings.